The molecule has 1 heterocycles. The lowest BCUT2D eigenvalue weighted by Crippen LogP contribution is -1.96. The first-order chi connectivity index (χ1) is 5.74. The predicted molar refractivity (Wildman–Crippen MR) is 50.3 cm³/mol. The molecule has 0 aliphatic heterocycles. The van der Waals surface area contributed by atoms with Crippen molar-refractivity contribution < 1.29 is 5.11 Å². The first-order valence-corrected chi connectivity index (χ1v) is 4.25. The van der Waals surface area contributed by atoms with Crippen LogP contribution in [-0.4, -0.2) is 10.1 Å². The van der Waals surface area contributed by atoms with Crippen LogP contribution in [0.4, 0.5) is 0 Å². The molecular weight excluding hydrogens is 218 g/mol. The second-order valence-corrected chi connectivity index (χ2v) is 3.28. The summed E-state index contributed by atoms with van der Waals surface area (Å²) in [5.74, 6) is 2.39. The van der Waals surface area contributed by atoms with E-state index in [4.69, 9.17) is 6.42 Å². The Bertz CT molecular complexity index is 306. The van der Waals surface area contributed by atoms with Gasteiger partial charge >= 0.3 is 0 Å². The van der Waals surface area contributed by atoms with Gasteiger partial charge in [0, 0.05) is 28.9 Å². The number of aliphatic hydroxyl groups is 1. The Morgan fingerprint density at radius 2 is 2.42 bits per heavy atom. The van der Waals surface area contributed by atoms with Gasteiger partial charge in [-0.05, 0) is 22.0 Å². The first-order valence-electron chi connectivity index (χ1n) is 3.46. The van der Waals surface area contributed by atoms with Gasteiger partial charge < -0.3 is 5.11 Å². The highest BCUT2D eigenvalue weighted by Crippen LogP contribution is 2.18. The number of hydrogen-bond donors (Lipinski definition) is 1. The van der Waals surface area contributed by atoms with Crippen molar-refractivity contribution in [2.45, 2.75) is 12.5 Å². The van der Waals surface area contributed by atoms with Gasteiger partial charge in [0.1, 0.15) is 0 Å². The molecule has 1 atom stereocenters. The molecule has 0 saturated carbocycles. The molecule has 0 amide bonds. The van der Waals surface area contributed by atoms with Crippen LogP contribution in [0.15, 0.2) is 22.9 Å². The molecule has 0 bridgehead atoms. The Balaban J connectivity index is 2.82. The van der Waals surface area contributed by atoms with Crippen LogP contribution in [0.3, 0.4) is 0 Å². The Hall–Kier alpha value is -0.850. The summed E-state index contributed by atoms with van der Waals surface area (Å²) in [7, 11) is 0. The quantitative estimate of drug-likeness (QED) is 0.781. The molecule has 1 aromatic rings. The Labute approximate surface area is 79.8 Å². The third-order valence-corrected chi connectivity index (χ3v) is 1.86. The third-order valence-electron chi connectivity index (χ3n) is 1.42. The highest BCUT2D eigenvalue weighted by atomic mass is 79.9. The number of terminal acetylenes is 1. The van der Waals surface area contributed by atoms with Gasteiger partial charge in [0.05, 0.1) is 6.10 Å². The summed E-state index contributed by atoms with van der Waals surface area (Å²) in [6, 6.07) is 1.80. The lowest BCUT2D eigenvalue weighted by atomic mass is 10.1. The second kappa shape index (κ2) is 4.24. The summed E-state index contributed by atoms with van der Waals surface area (Å²) in [4.78, 5) is 3.91. The highest BCUT2D eigenvalue weighted by Gasteiger charge is 2.05. The smallest absolute Gasteiger partial charge is 0.0914 e. The SMILES string of the molecule is C#CCC(O)c1cncc(Br)c1. The fraction of sp³-hybridized carbons (Fsp3) is 0.222. The number of nitrogens with zero attached hydrogens (tertiary/aromatic N) is 1. The molecule has 3 heteroatoms. The standard InChI is InChI=1S/C9H8BrNO/c1-2-3-9(12)7-4-8(10)6-11-5-7/h1,4-6,9,12H,3H2. The Morgan fingerprint density at radius 3 is 3.00 bits per heavy atom. The van der Waals surface area contributed by atoms with Crippen molar-refractivity contribution in [1.82, 2.24) is 4.98 Å². The van der Waals surface area contributed by atoms with Crippen LogP contribution in [0.1, 0.15) is 18.1 Å². The summed E-state index contributed by atoms with van der Waals surface area (Å²) in [6.07, 6.45) is 8.03. The van der Waals surface area contributed by atoms with Gasteiger partial charge in [-0.25, -0.2) is 0 Å². The van der Waals surface area contributed by atoms with Crippen molar-refractivity contribution in [3.8, 4) is 12.3 Å². The molecule has 0 fully saturated rings. The number of aromatic nitrogens is 1. The van der Waals surface area contributed by atoms with E-state index < -0.39 is 6.10 Å². The summed E-state index contributed by atoms with van der Waals surface area (Å²) < 4.78 is 0.844. The minimum absolute atomic E-state index is 0.318. The van der Waals surface area contributed by atoms with Crippen LogP contribution in [0.25, 0.3) is 0 Å². The van der Waals surface area contributed by atoms with Crippen molar-refractivity contribution in [3.05, 3.63) is 28.5 Å². The number of halogens is 1. The zero-order valence-corrected chi connectivity index (χ0v) is 7.95. The van der Waals surface area contributed by atoms with Gasteiger partial charge in [0.2, 0.25) is 0 Å². The predicted octanol–water partition coefficient (Wildman–Crippen LogP) is 1.90. The molecule has 1 aromatic heterocycles. The lowest BCUT2D eigenvalue weighted by molar-refractivity contribution is 0.183. The van der Waals surface area contributed by atoms with Gasteiger partial charge in [-0.15, -0.1) is 12.3 Å². The van der Waals surface area contributed by atoms with E-state index in [9.17, 15) is 5.11 Å². The van der Waals surface area contributed by atoms with Crippen molar-refractivity contribution in [1.29, 1.82) is 0 Å². The zero-order chi connectivity index (χ0) is 8.97. The Kier molecular flexibility index (Phi) is 3.27. The maximum Gasteiger partial charge on any atom is 0.0914 e. The molecule has 0 radical (unpaired) electrons. The van der Waals surface area contributed by atoms with E-state index >= 15 is 0 Å². The minimum atomic E-state index is -0.611. The lowest BCUT2D eigenvalue weighted by Gasteiger charge is -2.06. The third kappa shape index (κ3) is 2.33. The maximum absolute atomic E-state index is 9.44. The average Bonchev–Trinajstić information content (AvgIpc) is 2.05. The van der Waals surface area contributed by atoms with Gasteiger partial charge in [0.25, 0.3) is 0 Å². The average molecular weight is 226 g/mol. The molecule has 2 nitrogen and oxygen atoms in total. The molecule has 0 spiro atoms. The van der Waals surface area contributed by atoms with E-state index in [1.165, 1.54) is 0 Å². The van der Waals surface area contributed by atoms with Crippen molar-refractivity contribution in [2.24, 2.45) is 0 Å². The molecule has 0 saturated heterocycles. The number of hydrogen-bond acceptors (Lipinski definition) is 2. The molecule has 0 aliphatic carbocycles. The topological polar surface area (TPSA) is 33.1 Å². The van der Waals surface area contributed by atoms with Gasteiger partial charge in [-0.1, -0.05) is 0 Å². The van der Waals surface area contributed by atoms with Crippen molar-refractivity contribution in [3.63, 3.8) is 0 Å². The monoisotopic (exact) mass is 225 g/mol. The van der Waals surface area contributed by atoms with E-state index in [-0.39, 0.29) is 0 Å². The van der Waals surface area contributed by atoms with E-state index in [2.05, 4.69) is 26.8 Å². The van der Waals surface area contributed by atoms with Crippen LogP contribution in [0.2, 0.25) is 0 Å². The molecule has 12 heavy (non-hydrogen) atoms. The fourth-order valence-electron chi connectivity index (χ4n) is 0.840. The van der Waals surface area contributed by atoms with Crippen LogP contribution < -0.4 is 0 Å². The molecule has 0 aliphatic rings. The van der Waals surface area contributed by atoms with Crippen LogP contribution in [-0.2, 0) is 0 Å². The van der Waals surface area contributed by atoms with Crippen LogP contribution in [0.5, 0.6) is 0 Å². The summed E-state index contributed by atoms with van der Waals surface area (Å²) in [5, 5.41) is 9.44. The zero-order valence-electron chi connectivity index (χ0n) is 6.37. The van der Waals surface area contributed by atoms with Crippen molar-refractivity contribution >= 4 is 15.9 Å². The summed E-state index contributed by atoms with van der Waals surface area (Å²) in [6.45, 7) is 0. The largest absolute Gasteiger partial charge is 0.387 e. The van der Waals surface area contributed by atoms with Crippen molar-refractivity contribution in [2.75, 3.05) is 0 Å². The fourth-order valence-corrected chi connectivity index (χ4v) is 1.22. The number of pyridine rings is 1. The molecule has 1 rings (SSSR count). The van der Waals surface area contributed by atoms with Crippen LogP contribution in [0, 0.1) is 12.3 Å². The number of rotatable bonds is 2. The highest BCUT2D eigenvalue weighted by molar-refractivity contribution is 9.10. The first kappa shape index (κ1) is 9.24. The summed E-state index contributed by atoms with van der Waals surface area (Å²) >= 11 is 3.26. The normalized spacial score (nSPS) is 12.1. The molecule has 62 valence electrons. The molecule has 0 aromatic carbocycles. The van der Waals surface area contributed by atoms with Gasteiger partial charge in [-0.3, -0.25) is 4.98 Å². The van der Waals surface area contributed by atoms with Crippen LogP contribution >= 0.6 is 15.9 Å². The van der Waals surface area contributed by atoms with E-state index in [0.717, 1.165) is 10.0 Å². The van der Waals surface area contributed by atoms with Gasteiger partial charge in [-0.2, -0.15) is 0 Å². The van der Waals surface area contributed by atoms with Gasteiger partial charge in [0.15, 0.2) is 0 Å². The Morgan fingerprint density at radius 1 is 1.67 bits per heavy atom. The van der Waals surface area contributed by atoms with E-state index in [1.54, 1.807) is 18.5 Å². The molecule has 1 N–H and O–H groups in total. The summed E-state index contributed by atoms with van der Waals surface area (Å²) in [5.41, 5.74) is 0.738. The second-order valence-electron chi connectivity index (χ2n) is 2.36. The van der Waals surface area contributed by atoms with E-state index in [1.807, 2.05) is 0 Å². The molecule has 1 unspecified atom stereocenters. The number of aliphatic hydroxyl groups excluding tert-OH is 1. The van der Waals surface area contributed by atoms with E-state index in [0.29, 0.717) is 6.42 Å². The molecular formula is C9H8BrNO. The minimum Gasteiger partial charge on any atom is -0.387 e. The maximum atomic E-state index is 9.44.